The van der Waals surface area contributed by atoms with Crippen molar-refractivity contribution in [3.8, 4) is 11.3 Å². The van der Waals surface area contributed by atoms with Crippen LogP contribution in [0.1, 0.15) is 17.5 Å². The molecule has 7 heteroatoms. The van der Waals surface area contributed by atoms with E-state index >= 15 is 0 Å². The highest BCUT2D eigenvalue weighted by molar-refractivity contribution is 6.33. The van der Waals surface area contributed by atoms with Crippen molar-refractivity contribution in [3.05, 3.63) is 45.6 Å². The minimum absolute atomic E-state index is 0.319. The first-order chi connectivity index (χ1) is 11.5. The molecule has 1 N–H and O–H groups in total. The van der Waals surface area contributed by atoms with E-state index in [1.54, 1.807) is 6.20 Å². The van der Waals surface area contributed by atoms with E-state index in [0.717, 1.165) is 28.2 Å². The van der Waals surface area contributed by atoms with Crippen LogP contribution in [-0.4, -0.2) is 34.8 Å². The van der Waals surface area contributed by atoms with Gasteiger partial charge in [-0.1, -0.05) is 22.8 Å². The third kappa shape index (κ3) is 3.14. The van der Waals surface area contributed by atoms with Crippen LogP contribution in [-0.2, 0) is 0 Å². The molecule has 2 aromatic rings. The zero-order valence-corrected chi connectivity index (χ0v) is 14.3. The minimum Gasteiger partial charge on any atom is -0.351 e. The quantitative estimate of drug-likeness (QED) is 0.860. The monoisotopic (exact) mass is 343 g/mol. The zero-order chi connectivity index (χ0) is 17.3. The summed E-state index contributed by atoms with van der Waals surface area (Å²) < 4.78 is 0. The fourth-order valence-corrected chi connectivity index (χ4v) is 3.13. The van der Waals surface area contributed by atoms with Crippen molar-refractivity contribution in [2.75, 3.05) is 18.0 Å². The number of aromatic nitrogens is 2. The molecule has 24 heavy (non-hydrogen) atoms. The summed E-state index contributed by atoms with van der Waals surface area (Å²) in [6.07, 6.45) is 3.96. The Labute approximate surface area is 145 Å². The number of hydrogen-bond donors (Lipinski definition) is 1. The molecule has 3 heterocycles. The molecule has 0 aromatic carbocycles. The maximum Gasteiger partial charge on any atom is 0.133 e. The van der Waals surface area contributed by atoms with Crippen LogP contribution in [0, 0.1) is 24.2 Å². The number of halogens is 1. The highest BCUT2D eigenvalue weighted by Gasteiger charge is 2.26. The Kier molecular flexibility index (Phi) is 4.57. The second-order valence-electron chi connectivity index (χ2n) is 6.06. The molecule has 6 nitrogen and oxygen atoms in total. The van der Waals surface area contributed by atoms with E-state index in [4.69, 9.17) is 17.0 Å². The second-order valence-corrected chi connectivity index (χ2v) is 6.46. The third-order valence-electron chi connectivity index (χ3n) is 4.20. The molecule has 1 aliphatic heterocycles. The van der Waals surface area contributed by atoms with Gasteiger partial charge < -0.3 is 10.3 Å². The number of aryl methyl sites for hydroxylation is 2. The number of rotatable bonds is 3. The number of piperidine rings is 1. The number of nitrogens with zero attached hydrogens (tertiary/aromatic N) is 4. The fourth-order valence-electron chi connectivity index (χ4n) is 2.93. The first-order valence-electron chi connectivity index (χ1n) is 7.73. The molecule has 0 spiro atoms. The number of nitroso groups, excluding NO2 is 1. The van der Waals surface area contributed by atoms with Gasteiger partial charge in [0.2, 0.25) is 0 Å². The van der Waals surface area contributed by atoms with Crippen molar-refractivity contribution in [2.45, 2.75) is 26.3 Å². The molecule has 0 saturated carbocycles. The Balaban J connectivity index is 1.95. The average Bonchev–Trinajstić information content (AvgIpc) is 2.56. The lowest BCUT2D eigenvalue weighted by molar-refractivity contribution is 0.662. The molecule has 1 saturated heterocycles. The standard InChI is InChI=1S/C17H18ClN5O/c1-10-5-11(2)17(21-7-10)12-6-16(20-8-13(12)18)23-4-3-15(22-24)14(19)9-23/h5-8,15,19H,3-4,9H2,1-2H3. The van der Waals surface area contributed by atoms with Gasteiger partial charge in [-0.25, -0.2) is 4.98 Å². The van der Waals surface area contributed by atoms with Gasteiger partial charge in [0, 0.05) is 24.5 Å². The van der Waals surface area contributed by atoms with E-state index in [1.807, 2.05) is 31.0 Å². The van der Waals surface area contributed by atoms with Crippen molar-refractivity contribution in [2.24, 2.45) is 5.18 Å². The minimum atomic E-state index is -0.519. The Morgan fingerprint density at radius 1 is 1.29 bits per heavy atom. The summed E-state index contributed by atoms with van der Waals surface area (Å²) >= 11 is 6.34. The molecular formula is C17H18ClN5O. The Hall–Kier alpha value is -2.34. The molecule has 0 amide bonds. The molecule has 1 atom stereocenters. The van der Waals surface area contributed by atoms with Gasteiger partial charge >= 0.3 is 0 Å². The lowest BCUT2D eigenvalue weighted by Crippen LogP contribution is -2.42. The van der Waals surface area contributed by atoms with Gasteiger partial charge in [0.25, 0.3) is 0 Å². The Morgan fingerprint density at radius 2 is 2.08 bits per heavy atom. The lowest BCUT2D eigenvalue weighted by atomic mass is 10.0. The predicted octanol–water partition coefficient (Wildman–Crippen LogP) is 3.78. The maximum atomic E-state index is 10.7. The van der Waals surface area contributed by atoms with Gasteiger partial charge in [0.15, 0.2) is 0 Å². The van der Waals surface area contributed by atoms with Crippen molar-refractivity contribution in [1.82, 2.24) is 9.97 Å². The number of pyridine rings is 2. The summed E-state index contributed by atoms with van der Waals surface area (Å²) in [6.45, 7) is 4.99. The van der Waals surface area contributed by atoms with Crippen LogP contribution < -0.4 is 4.90 Å². The molecule has 1 fully saturated rings. The summed E-state index contributed by atoms with van der Waals surface area (Å²) in [5.74, 6) is 0.727. The smallest absolute Gasteiger partial charge is 0.133 e. The number of nitrogens with one attached hydrogen (secondary N) is 1. The molecule has 1 unspecified atom stereocenters. The third-order valence-corrected chi connectivity index (χ3v) is 4.50. The van der Waals surface area contributed by atoms with Gasteiger partial charge in [0.05, 0.1) is 23.0 Å². The molecule has 1 aliphatic rings. The summed E-state index contributed by atoms with van der Waals surface area (Å²) in [7, 11) is 0. The highest BCUT2D eigenvalue weighted by atomic mass is 35.5. The molecule has 3 rings (SSSR count). The van der Waals surface area contributed by atoms with Crippen LogP contribution in [0.5, 0.6) is 0 Å². The van der Waals surface area contributed by atoms with Crippen molar-refractivity contribution in [1.29, 1.82) is 5.41 Å². The summed E-state index contributed by atoms with van der Waals surface area (Å²) in [6, 6.07) is 3.44. The zero-order valence-electron chi connectivity index (χ0n) is 13.6. The van der Waals surface area contributed by atoms with Crippen molar-refractivity contribution >= 4 is 23.1 Å². The average molecular weight is 344 g/mol. The summed E-state index contributed by atoms with van der Waals surface area (Å²) in [4.78, 5) is 21.6. The Bertz CT molecular complexity index is 808. The molecule has 124 valence electrons. The normalized spacial score (nSPS) is 17.9. The van der Waals surface area contributed by atoms with Crippen LogP contribution in [0.15, 0.2) is 29.7 Å². The first kappa shape index (κ1) is 16.5. The molecule has 0 aliphatic carbocycles. The predicted molar refractivity (Wildman–Crippen MR) is 96.1 cm³/mol. The van der Waals surface area contributed by atoms with Gasteiger partial charge in [0.1, 0.15) is 11.9 Å². The van der Waals surface area contributed by atoms with Gasteiger partial charge in [-0.2, -0.15) is 4.91 Å². The number of anilines is 1. The van der Waals surface area contributed by atoms with Crippen molar-refractivity contribution < 1.29 is 0 Å². The van der Waals surface area contributed by atoms with Gasteiger partial charge in [-0.15, -0.1) is 0 Å². The Morgan fingerprint density at radius 3 is 2.75 bits per heavy atom. The van der Waals surface area contributed by atoms with Crippen LogP contribution in [0.2, 0.25) is 5.02 Å². The first-order valence-corrected chi connectivity index (χ1v) is 8.11. The van der Waals surface area contributed by atoms with E-state index in [0.29, 0.717) is 30.2 Å². The lowest BCUT2D eigenvalue weighted by Gasteiger charge is -2.30. The van der Waals surface area contributed by atoms with Gasteiger partial charge in [-0.05, 0) is 37.5 Å². The fraction of sp³-hybridized carbons (Fsp3) is 0.353. The summed E-state index contributed by atoms with van der Waals surface area (Å²) in [5, 5.41) is 11.5. The highest BCUT2D eigenvalue weighted by Crippen LogP contribution is 2.32. The van der Waals surface area contributed by atoms with Crippen LogP contribution in [0.25, 0.3) is 11.3 Å². The molecule has 0 radical (unpaired) electrons. The molecular weight excluding hydrogens is 326 g/mol. The van der Waals surface area contributed by atoms with Crippen molar-refractivity contribution in [3.63, 3.8) is 0 Å². The SMILES string of the molecule is Cc1cnc(-c2cc(N3CCC(N=O)C(=N)C3)ncc2Cl)c(C)c1. The second kappa shape index (κ2) is 6.65. The van der Waals surface area contributed by atoms with E-state index in [9.17, 15) is 4.91 Å². The van der Waals surface area contributed by atoms with E-state index in [1.165, 1.54) is 0 Å². The summed E-state index contributed by atoms with van der Waals surface area (Å²) in [5.41, 5.74) is 4.11. The van der Waals surface area contributed by atoms with Crippen LogP contribution >= 0.6 is 11.6 Å². The maximum absolute atomic E-state index is 10.7. The van der Waals surface area contributed by atoms with Gasteiger partial charge in [-0.3, -0.25) is 4.98 Å². The van der Waals surface area contributed by atoms with E-state index < -0.39 is 6.04 Å². The molecule has 0 bridgehead atoms. The molecule has 2 aromatic heterocycles. The number of hydrogen-bond acceptors (Lipinski definition) is 6. The van der Waals surface area contributed by atoms with Crippen LogP contribution in [0.4, 0.5) is 5.82 Å². The topological polar surface area (TPSA) is 82.3 Å². The van der Waals surface area contributed by atoms with Crippen LogP contribution in [0.3, 0.4) is 0 Å². The van der Waals surface area contributed by atoms with E-state index in [-0.39, 0.29) is 0 Å². The largest absolute Gasteiger partial charge is 0.351 e. The van der Waals surface area contributed by atoms with E-state index in [2.05, 4.69) is 21.2 Å².